The summed E-state index contributed by atoms with van der Waals surface area (Å²) in [5, 5.41) is 55.4. The average Bonchev–Trinajstić information content (AvgIpc) is 2.68. The van der Waals surface area contributed by atoms with Crippen LogP contribution in [0.5, 0.6) is 5.75 Å². The van der Waals surface area contributed by atoms with Crippen LogP contribution in [0.4, 0.5) is 0 Å². The molecule has 166 valence electrons. The smallest absolute Gasteiger partial charge is 0.255 e. The molecule has 0 saturated heterocycles. The van der Waals surface area contributed by atoms with Gasteiger partial charge >= 0.3 is 0 Å². The van der Waals surface area contributed by atoms with Crippen LogP contribution in [0.1, 0.15) is 24.0 Å². The number of nitrogens with two attached hydrogens (primary N) is 1. The number of hydrogen-bond donors (Lipinski definition) is 6. The number of ketones is 1. The van der Waals surface area contributed by atoms with E-state index in [-0.39, 0.29) is 17.2 Å². The molecule has 0 aliphatic heterocycles. The number of nitrogens with zero attached hydrogens (tertiary/aromatic N) is 1. The van der Waals surface area contributed by atoms with Crippen molar-refractivity contribution in [3.05, 3.63) is 46.2 Å². The first-order valence-electron chi connectivity index (χ1n) is 10.0. The Balaban J connectivity index is 2.00. The van der Waals surface area contributed by atoms with Crippen LogP contribution < -0.4 is 5.73 Å². The number of likely N-dealkylation sites (N-methyl/N-ethyl adjacent to an activating group) is 1. The number of carbonyl (C=O) groups is 2. The molecule has 1 amide bonds. The summed E-state index contributed by atoms with van der Waals surface area (Å²) >= 11 is 0. The van der Waals surface area contributed by atoms with Crippen LogP contribution in [0, 0.1) is 11.8 Å². The van der Waals surface area contributed by atoms with E-state index in [1.165, 1.54) is 31.1 Å². The molecular formula is C22H26N2O7. The number of aliphatic hydroxyl groups is 4. The normalized spacial score (nSPS) is 37.1. The molecule has 0 bridgehead atoms. The number of aliphatic hydroxyl groups excluding tert-OH is 3. The third-order valence-corrected chi connectivity index (χ3v) is 7.09. The van der Waals surface area contributed by atoms with Gasteiger partial charge in [-0.2, -0.15) is 0 Å². The number of amides is 1. The monoisotopic (exact) mass is 430 g/mol. The van der Waals surface area contributed by atoms with Crippen molar-refractivity contribution in [3.63, 3.8) is 0 Å². The highest BCUT2D eigenvalue weighted by Crippen LogP contribution is 2.55. The van der Waals surface area contributed by atoms with Gasteiger partial charge in [-0.1, -0.05) is 19.1 Å². The number of carbonyl (C=O) groups excluding carboxylic acids is 2. The van der Waals surface area contributed by atoms with Gasteiger partial charge in [0.1, 0.15) is 23.2 Å². The minimum atomic E-state index is -2.53. The van der Waals surface area contributed by atoms with Gasteiger partial charge in [0.25, 0.3) is 5.91 Å². The van der Waals surface area contributed by atoms with E-state index in [9.17, 15) is 35.1 Å². The number of primary amides is 1. The maximum Gasteiger partial charge on any atom is 0.255 e. The zero-order valence-electron chi connectivity index (χ0n) is 17.4. The van der Waals surface area contributed by atoms with E-state index in [0.717, 1.165) is 5.56 Å². The number of phenols is 1. The van der Waals surface area contributed by atoms with Crippen LogP contribution in [0.3, 0.4) is 0 Å². The summed E-state index contributed by atoms with van der Waals surface area (Å²) in [5.41, 5.74) is 3.35. The highest BCUT2D eigenvalue weighted by atomic mass is 16.4. The van der Waals surface area contributed by atoms with Crippen molar-refractivity contribution in [2.75, 3.05) is 14.1 Å². The summed E-state index contributed by atoms with van der Waals surface area (Å²) in [6.45, 7) is 1.82. The molecule has 9 nitrogen and oxygen atoms in total. The second-order valence-electron chi connectivity index (χ2n) is 8.84. The standard InChI is InChI=1S/C22H26N2O7/c1-8-9-5-4-6-12(25)10(9)7-11-13(8)17(26)15-16(24(2)3)18(27)14(21(23)30)20(29)22(15,31)19(11)28/h4-8,13,15-17,19,25-26,28-29,31H,1-3H3,(H2,23,30)/t8-,13+,15+,16-,17-,19?,22-/m0/s1. The lowest BCUT2D eigenvalue weighted by Crippen LogP contribution is -2.71. The summed E-state index contributed by atoms with van der Waals surface area (Å²) in [5.74, 6) is -5.56. The van der Waals surface area contributed by atoms with Crippen molar-refractivity contribution in [2.24, 2.45) is 17.6 Å². The van der Waals surface area contributed by atoms with E-state index in [1.54, 1.807) is 12.1 Å². The third kappa shape index (κ3) is 2.64. The van der Waals surface area contributed by atoms with Crippen LogP contribution in [-0.4, -0.2) is 80.1 Å². The van der Waals surface area contributed by atoms with E-state index in [1.807, 2.05) is 6.92 Å². The van der Waals surface area contributed by atoms with E-state index in [0.29, 0.717) is 5.56 Å². The molecular weight excluding hydrogens is 404 g/mol. The van der Waals surface area contributed by atoms with Crippen LogP contribution in [0.2, 0.25) is 0 Å². The Morgan fingerprint density at radius 3 is 2.42 bits per heavy atom. The van der Waals surface area contributed by atoms with Crippen molar-refractivity contribution in [1.29, 1.82) is 0 Å². The molecule has 4 rings (SSSR count). The molecule has 9 heteroatoms. The maximum atomic E-state index is 13.0. The third-order valence-electron chi connectivity index (χ3n) is 7.09. The van der Waals surface area contributed by atoms with E-state index < -0.39 is 58.7 Å². The molecule has 0 heterocycles. The predicted octanol–water partition coefficient (Wildman–Crippen LogP) is -0.598. The predicted molar refractivity (Wildman–Crippen MR) is 110 cm³/mol. The first kappa shape index (κ1) is 21.5. The van der Waals surface area contributed by atoms with Crippen molar-refractivity contribution in [1.82, 2.24) is 4.90 Å². The van der Waals surface area contributed by atoms with Gasteiger partial charge in [0.05, 0.1) is 12.1 Å². The van der Waals surface area contributed by atoms with Gasteiger partial charge in [-0.25, -0.2) is 0 Å². The molecule has 31 heavy (non-hydrogen) atoms. The summed E-state index contributed by atoms with van der Waals surface area (Å²) < 4.78 is 0. The van der Waals surface area contributed by atoms with Crippen LogP contribution in [0.25, 0.3) is 6.08 Å². The molecule has 3 aliphatic rings. The fourth-order valence-corrected chi connectivity index (χ4v) is 5.68. The molecule has 1 aromatic rings. The first-order chi connectivity index (χ1) is 14.4. The van der Waals surface area contributed by atoms with Gasteiger partial charge in [-0.05, 0) is 43.3 Å². The Bertz CT molecular complexity index is 1050. The van der Waals surface area contributed by atoms with Crippen molar-refractivity contribution < 1.29 is 35.1 Å². The Kier molecular flexibility index (Phi) is 4.78. The maximum absolute atomic E-state index is 13.0. The fraction of sp³-hybridized carbons (Fsp3) is 0.455. The number of Topliss-reactive ketones (excluding diaryl/α,β-unsaturated/α-hetero) is 1. The molecule has 1 aromatic carbocycles. The summed E-state index contributed by atoms with van der Waals surface area (Å²) in [6.07, 6.45) is -1.64. The zero-order chi connectivity index (χ0) is 23.0. The molecule has 7 atom stereocenters. The largest absolute Gasteiger partial charge is 0.508 e. The molecule has 0 spiro atoms. The first-order valence-corrected chi connectivity index (χ1v) is 10.0. The Morgan fingerprint density at radius 1 is 1.19 bits per heavy atom. The van der Waals surface area contributed by atoms with Gasteiger partial charge in [-0.15, -0.1) is 0 Å². The topological polar surface area (TPSA) is 165 Å². The lowest BCUT2D eigenvalue weighted by molar-refractivity contribution is -0.186. The Hall–Kier alpha value is -2.72. The lowest BCUT2D eigenvalue weighted by atomic mass is 9.54. The molecule has 1 fully saturated rings. The average molecular weight is 430 g/mol. The van der Waals surface area contributed by atoms with Gasteiger partial charge < -0.3 is 31.3 Å². The Morgan fingerprint density at radius 2 is 1.84 bits per heavy atom. The SMILES string of the molecule is C[C@H]1c2cccc(O)c2C=C2C(O)[C@]3(O)C(O)=C(C(N)=O)C(=O)[C@@H](N(C)C)[C@@H]3[C@@H](O)[C@@H]21. The number of rotatable bonds is 2. The minimum absolute atomic E-state index is 0.0336. The zero-order valence-corrected chi connectivity index (χ0v) is 17.4. The second-order valence-corrected chi connectivity index (χ2v) is 8.84. The fourth-order valence-electron chi connectivity index (χ4n) is 5.68. The molecule has 0 aromatic heterocycles. The Labute approximate surface area is 178 Å². The molecule has 7 N–H and O–H groups in total. The lowest BCUT2D eigenvalue weighted by Gasteiger charge is -2.56. The highest BCUT2D eigenvalue weighted by molar-refractivity contribution is 6.22. The van der Waals surface area contributed by atoms with E-state index >= 15 is 0 Å². The van der Waals surface area contributed by atoms with Crippen LogP contribution in [-0.2, 0) is 9.59 Å². The number of hydrogen-bond acceptors (Lipinski definition) is 8. The van der Waals surface area contributed by atoms with Crippen LogP contribution in [0.15, 0.2) is 35.1 Å². The number of aromatic hydroxyl groups is 1. The summed E-state index contributed by atoms with van der Waals surface area (Å²) in [6, 6.07) is 3.74. The van der Waals surface area contributed by atoms with Gasteiger partial charge in [0, 0.05) is 17.4 Å². The second kappa shape index (κ2) is 6.89. The number of benzene rings is 1. The van der Waals surface area contributed by atoms with E-state index in [4.69, 9.17) is 5.73 Å². The molecule has 1 unspecified atom stereocenters. The number of phenolic OH excluding ortho intramolecular Hbond substituents is 1. The van der Waals surface area contributed by atoms with E-state index in [2.05, 4.69) is 0 Å². The summed E-state index contributed by atoms with van der Waals surface area (Å²) in [4.78, 5) is 26.4. The van der Waals surface area contributed by atoms with Crippen molar-refractivity contribution in [2.45, 2.75) is 36.7 Å². The van der Waals surface area contributed by atoms with Gasteiger partial charge in [0.15, 0.2) is 11.4 Å². The molecule has 1 saturated carbocycles. The summed E-state index contributed by atoms with van der Waals surface area (Å²) in [7, 11) is 3.07. The highest BCUT2D eigenvalue weighted by Gasteiger charge is 2.67. The quantitative estimate of drug-likeness (QED) is 0.339. The molecule has 3 aliphatic carbocycles. The minimum Gasteiger partial charge on any atom is -0.508 e. The van der Waals surface area contributed by atoms with Crippen molar-refractivity contribution in [3.8, 4) is 5.75 Å². The van der Waals surface area contributed by atoms with Crippen molar-refractivity contribution >= 4 is 17.8 Å². The molecule has 0 radical (unpaired) electrons. The van der Waals surface area contributed by atoms with Gasteiger partial charge in [-0.3, -0.25) is 14.5 Å². The number of fused-ring (bicyclic) bond motifs is 3. The van der Waals surface area contributed by atoms with Crippen LogP contribution >= 0.6 is 0 Å². The van der Waals surface area contributed by atoms with Gasteiger partial charge in [0.2, 0.25) is 0 Å².